The Morgan fingerprint density at radius 3 is 2.72 bits per heavy atom. The largest absolute Gasteiger partial charge is 0.345 e. The SMILES string of the molecule is CSCC[C@@H](NC(=O)Cn1cnc2ccccc2c1=O)c1nc2ccccc2[nH]1. The van der Waals surface area contributed by atoms with Crippen LogP contribution in [0.4, 0.5) is 0 Å². The lowest BCUT2D eigenvalue weighted by atomic mass is 10.2. The van der Waals surface area contributed by atoms with Crippen molar-refractivity contribution in [3.63, 3.8) is 0 Å². The van der Waals surface area contributed by atoms with Gasteiger partial charge in [0.2, 0.25) is 5.91 Å². The van der Waals surface area contributed by atoms with E-state index in [1.807, 2.05) is 36.6 Å². The number of thioether (sulfide) groups is 1. The fourth-order valence-corrected chi connectivity index (χ4v) is 3.74. The first-order valence-corrected chi connectivity index (χ1v) is 10.7. The maximum absolute atomic E-state index is 12.7. The van der Waals surface area contributed by atoms with Crippen molar-refractivity contribution in [1.82, 2.24) is 24.8 Å². The van der Waals surface area contributed by atoms with Crippen molar-refractivity contribution < 1.29 is 4.79 Å². The Kier molecular flexibility index (Phi) is 5.62. The van der Waals surface area contributed by atoms with Crippen LogP contribution in [-0.4, -0.2) is 37.4 Å². The van der Waals surface area contributed by atoms with Gasteiger partial charge in [0.25, 0.3) is 5.56 Å². The van der Waals surface area contributed by atoms with Gasteiger partial charge in [-0.25, -0.2) is 9.97 Å². The fourth-order valence-electron chi connectivity index (χ4n) is 3.26. The molecule has 0 saturated carbocycles. The van der Waals surface area contributed by atoms with Crippen molar-refractivity contribution in [2.24, 2.45) is 0 Å². The van der Waals surface area contributed by atoms with Crippen LogP contribution in [0.3, 0.4) is 0 Å². The van der Waals surface area contributed by atoms with Crippen molar-refractivity contribution >= 4 is 39.6 Å². The number of H-pyrrole nitrogens is 1. The number of nitrogens with zero attached hydrogens (tertiary/aromatic N) is 3. The van der Waals surface area contributed by atoms with E-state index in [0.717, 1.165) is 29.0 Å². The first-order chi connectivity index (χ1) is 14.2. The molecule has 2 N–H and O–H groups in total. The number of aromatic amines is 1. The third-order valence-electron chi connectivity index (χ3n) is 4.73. The molecule has 2 aromatic heterocycles. The number of hydrogen-bond donors (Lipinski definition) is 2. The highest BCUT2D eigenvalue weighted by atomic mass is 32.2. The Balaban J connectivity index is 1.55. The molecule has 148 valence electrons. The van der Waals surface area contributed by atoms with E-state index >= 15 is 0 Å². The molecule has 4 rings (SSSR count). The second-order valence-corrected chi connectivity index (χ2v) is 7.72. The summed E-state index contributed by atoms with van der Waals surface area (Å²) in [6, 6.07) is 14.6. The van der Waals surface area contributed by atoms with Gasteiger partial charge in [-0.3, -0.25) is 14.2 Å². The summed E-state index contributed by atoms with van der Waals surface area (Å²) in [7, 11) is 0. The normalized spacial score (nSPS) is 12.3. The molecule has 2 aromatic carbocycles. The number of hydrogen-bond acceptors (Lipinski definition) is 5. The van der Waals surface area contributed by atoms with Crippen molar-refractivity contribution in [2.45, 2.75) is 19.0 Å². The van der Waals surface area contributed by atoms with Gasteiger partial charge in [0.1, 0.15) is 12.4 Å². The average Bonchev–Trinajstić information content (AvgIpc) is 3.17. The summed E-state index contributed by atoms with van der Waals surface area (Å²) in [4.78, 5) is 37.5. The third kappa shape index (κ3) is 4.17. The van der Waals surface area contributed by atoms with Crippen LogP contribution in [0.5, 0.6) is 0 Å². The van der Waals surface area contributed by atoms with Crippen molar-refractivity contribution in [3.8, 4) is 0 Å². The van der Waals surface area contributed by atoms with Gasteiger partial charge in [-0.1, -0.05) is 24.3 Å². The maximum atomic E-state index is 12.7. The van der Waals surface area contributed by atoms with E-state index in [-0.39, 0.29) is 24.1 Å². The predicted octanol–water partition coefficient (Wildman–Crippen LogP) is 2.88. The second kappa shape index (κ2) is 8.48. The summed E-state index contributed by atoms with van der Waals surface area (Å²) in [5.74, 6) is 1.34. The summed E-state index contributed by atoms with van der Waals surface area (Å²) in [6.45, 7) is -0.0906. The quantitative estimate of drug-likeness (QED) is 0.491. The Labute approximate surface area is 171 Å². The van der Waals surface area contributed by atoms with Crippen LogP contribution in [0, 0.1) is 0 Å². The Hall–Kier alpha value is -3.13. The molecular formula is C21H21N5O2S. The van der Waals surface area contributed by atoms with E-state index < -0.39 is 0 Å². The molecule has 7 nitrogen and oxygen atoms in total. The first kappa shape index (κ1) is 19.2. The molecule has 1 amide bonds. The van der Waals surface area contributed by atoms with Gasteiger partial charge >= 0.3 is 0 Å². The molecule has 0 unspecified atom stereocenters. The second-order valence-electron chi connectivity index (χ2n) is 6.74. The zero-order valence-corrected chi connectivity index (χ0v) is 16.8. The van der Waals surface area contributed by atoms with E-state index in [1.54, 1.807) is 30.0 Å². The summed E-state index contributed by atoms with van der Waals surface area (Å²) in [5, 5.41) is 3.52. The molecule has 0 aliphatic carbocycles. The highest BCUT2D eigenvalue weighted by Gasteiger charge is 2.19. The Bertz CT molecular complexity index is 1180. The monoisotopic (exact) mass is 407 g/mol. The molecular weight excluding hydrogens is 386 g/mol. The minimum atomic E-state index is -0.258. The van der Waals surface area contributed by atoms with Gasteiger partial charge in [0, 0.05) is 0 Å². The van der Waals surface area contributed by atoms with Crippen LogP contribution >= 0.6 is 11.8 Å². The number of carbonyl (C=O) groups excluding carboxylic acids is 1. The highest BCUT2D eigenvalue weighted by molar-refractivity contribution is 7.98. The number of para-hydroxylation sites is 3. The number of rotatable bonds is 7. The van der Waals surface area contributed by atoms with Crippen LogP contribution in [0.25, 0.3) is 21.9 Å². The summed E-state index contributed by atoms with van der Waals surface area (Å²) in [6.07, 6.45) is 4.18. The van der Waals surface area contributed by atoms with Gasteiger partial charge in [0.15, 0.2) is 0 Å². The van der Waals surface area contributed by atoms with Gasteiger partial charge in [-0.05, 0) is 42.7 Å². The molecule has 8 heteroatoms. The maximum Gasteiger partial charge on any atom is 0.261 e. The van der Waals surface area contributed by atoms with Gasteiger partial charge in [-0.15, -0.1) is 0 Å². The van der Waals surface area contributed by atoms with Crippen LogP contribution in [0.2, 0.25) is 0 Å². The van der Waals surface area contributed by atoms with Crippen LogP contribution < -0.4 is 10.9 Å². The Morgan fingerprint density at radius 2 is 1.93 bits per heavy atom. The molecule has 2 heterocycles. The predicted molar refractivity (Wildman–Crippen MR) is 116 cm³/mol. The smallest absolute Gasteiger partial charge is 0.261 e. The molecule has 29 heavy (non-hydrogen) atoms. The lowest BCUT2D eigenvalue weighted by Gasteiger charge is -2.17. The average molecular weight is 407 g/mol. The van der Waals surface area contributed by atoms with E-state index in [1.165, 1.54) is 10.9 Å². The molecule has 0 fully saturated rings. The zero-order chi connectivity index (χ0) is 20.2. The van der Waals surface area contributed by atoms with Gasteiger partial charge < -0.3 is 10.3 Å². The highest BCUT2D eigenvalue weighted by Crippen LogP contribution is 2.20. The molecule has 0 radical (unpaired) electrons. The number of imidazole rings is 1. The molecule has 4 aromatic rings. The standard InChI is InChI=1S/C21H21N5O2S/c1-29-11-10-18(20-24-16-8-4-5-9-17(16)25-20)23-19(27)12-26-13-22-15-7-3-2-6-14(15)21(26)28/h2-9,13,18H,10-12H2,1H3,(H,23,27)(H,24,25)/t18-/m1/s1. The van der Waals surface area contributed by atoms with Crippen molar-refractivity contribution in [3.05, 3.63) is 71.0 Å². The van der Waals surface area contributed by atoms with E-state index in [2.05, 4.69) is 20.3 Å². The van der Waals surface area contributed by atoms with Gasteiger partial charge in [0.05, 0.1) is 34.3 Å². The van der Waals surface area contributed by atoms with Crippen LogP contribution in [-0.2, 0) is 11.3 Å². The molecule has 0 aliphatic rings. The Morgan fingerprint density at radius 1 is 1.17 bits per heavy atom. The topological polar surface area (TPSA) is 92.7 Å². The first-order valence-electron chi connectivity index (χ1n) is 9.33. The van der Waals surface area contributed by atoms with E-state index in [4.69, 9.17) is 0 Å². The van der Waals surface area contributed by atoms with Gasteiger partial charge in [-0.2, -0.15) is 11.8 Å². The summed E-state index contributed by atoms with van der Waals surface area (Å²) < 4.78 is 1.34. The minimum Gasteiger partial charge on any atom is -0.345 e. The van der Waals surface area contributed by atoms with Crippen LogP contribution in [0.15, 0.2) is 59.7 Å². The number of carbonyl (C=O) groups is 1. The number of benzene rings is 2. The van der Waals surface area contributed by atoms with E-state index in [0.29, 0.717) is 10.9 Å². The van der Waals surface area contributed by atoms with Crippen molar-refractivity contribution in [1.29, 1.82) is 0 Å². The summed E-state index contributed by atoms with van der Waals surface area (Å²) in [5.41, 5.74) is 2.19. The van der Waals surface area contributed by atoms with E-state index in [9.17, 15) is 9.59 Å². The number of fused-ring (bicyclic) bond motifs is 2. The lowest BCUT2D eigenvalue weighted by molar-refractivity contribution is -0.122. The number of amides is 1. The molecule has 0 aliphatic heterocycles. The molecule has 0 spiro atoms. The number of nitrogens with one attached hydrogen (secondary N) is 2. The number of aromatic nitrogens is 4. The summed E-state index contributed by atoms with van der Waals surface area (Å²) >= 11 is 1.71. The van der Waals surface area contributed by atoms with Crippen LogP contribution in [0.1, 0.15) is 18.3 Å². The lowest BCUT2D eigenvalue weighted by Crippen LogP contribution is -2.35. The van der Waals surface area contributed by atoms with Crippen molar-refractivity contribution in [2.75, 3.05) is 12.0 Å². The minimum absolute atomic E-state index is 0.0906. The third-order valence-corrected chi connectivity index (χ3v) is 5.37. The molecule has 1 atom stereocenters. The molecule has 0 saturated heterocycles. The fraction of sp³-hybridized carbons (Fsp3) is 0.238. The zero-order valence-electron chi connectivity index (χ0n) is 16.0. The molecule has 0 bridgehead atoms.